The Bertz CT molecular complexity index is 1150. The van der Waals surface area contributed by atoms with Gasteiger partial charge in [-0.15, -0.1) is 0 Å². The van der Waals surface area contributed by atoms with Crippen molar-refractivity contribution < 1.29 is 19.1 Å². The maximum atomic E-state index is 12.5. The second-order valence-electron chi connectivity index (χ2n) is 7.20. The molecule has 1 N–H and O–H groups in total. The Kier molecular flexibility index (Phi) is 5.64. The van der Waals surface area contributed by atoms with Gasteiger partial charge in [0.2, 0.25) is 0 Å². The number of nitriles is 1. The van der Waals surface area contributed by atoms with Gasteiger partial charge in [0.1, 0.15) is 24.5 Å². The monoisotopic (exact) mass is 419 g/mol. The van der Waals surface area contributed by atoms with Gasteiger partial charge in [-0.2, -0.15) is 10.4 Å². The molecule has 1 saturated heterocycles. The number of carbonyl (C=O) groups is 2. The number of esters is 1. The third-order valence-electron chi connectivity index (χ3n) is 5.22. The fourth-order valence-corrected chi connectivity index (χ4v) is 3.60. The summed E-state index contributed by atoms with van der Waals surface area (Å²) in [5.74, 6) is -0.277. The van der Waals surface area contributed by atoms with Crippen LogP contribution in [0.2, 0.25) is 0 Å². The fourth-order valence-electron chi connectivity index (χ4n) is 3.60. The van der Waals surface area contributed by atoms with E-state index in [1.165, 1.54) is 6.33 Å². The minimum Gasteiger partial charge on any atom is -0.463 e. The summed E-state index contributed by atoms with van der Waals surface area (Å²) in [4.78, 5) is 28.2. The number of benzene rings is 1. The van der Waals surface area contributed by atoms with Crippen LogP contribution in [0.25, 0.3) is 5.52 Å². The predicted molar refractivity (Wildman–Crippen MR) is 110 cm³/mol. The fraction of sp³-hybridized carbons (Fsp3) is 0.318. The quantitative estimate of drug-likeness (QED) is 0.610. The molecule has 2 unspecified atom stereocenters. The first-order valence-corrected chi connectivity index (χ1v) is 10.0. The van der Waals surface area contributed by atoms with Crippen LogP contribution in [0.3, 0.4) is 0 Å². The van der Waals surface area contributed by atoms with Gasteiger partial charge in [-0.3, -0.25) is 9.59 Å². The third-order valence-corrected chi connectivity index (χ3v) is 5.22. The smallest absolute Gasteiger partial charge is 0.305 e. The van der Waals surface area contributed by atoms with Crippen LogP contribution in [0, 0.1) is 11.3 Å². The van der Waals surface area contributed by atoms with E-state index in [4.69, 9.17) is 9.47 Å². The molecular weight excluding hydrogens is 398 g/mol. The number of anilines is 1. The van der Waals surface area contributed by atoms with Crippen molar-refractivity contribution >= 4 is 23.2 Å². The van der Waals surface area contributed by atoms with Gasteiger partial charge in [0.05, 0.1) is 11.8 Å². The number of fused-ring (bicyclic) bond motifs is 1. The van der Waals surface area contributed by atoms with Gasteiger partial charge in [-0.05, 0) is 37.1 Å². The van der Waals surface area contributed by atoms with Gasteiger partial charge >= 0.3 is 5.97 Å². The first-order chi connectivity index (χ1) is 15.1. The van der Waals surface area contributed by atoms with E-state index in [1.54, 1.807) is 47.8 Å². The highest BCUT2D eigenvalue weighted by Gasteiger charge is 2.45. The minimum atomic E-state index is -1.23. The molecule has 3 aromatic rings. The Morgan fingerprint density at radius 3 is 2.87 bits per heavy atom. The molecule has 1 fully saturated rings. The molecule has 9 nitrogen and oxygen atoms in total. The average Bonchev–Trinajstić information content (AvgIpc) is 3.43. The number of amides is 1. The largest absolute Gasteiger partial charge is 0.463 e. The summed E-state index contributed by atoms with van der Waals surface area (Å²) in [5, 5.41) is 17.0. The summed E-state index contributed by atoms with van der Waals surface area (Å²) >= 11 is 0. The molecule has 1 aliphatic heterocycles. The van der Waals surface area contributed by atoms with Crippen LogP contribution in [-0.4, -0.2) is 39.2 Å². The summed E-state index contributed by atoms with van der Waals surface area (Å²) in [7, 11) is 0. The van der Waals surface area contributed by atoms with Gasteiger partial charge in [-0.1, -0.05) is 25.1 Å². The van der Waals surface area contributed by atoms with Crippen molar-refractivity contribution in [3.8, 4) is 6.07 Å². The van der Waals surface area contributed by atoms with Crippen molar-refractivity contribution in [3.05, 3.63) is 60.0 Å². The molecule has 1 aliphatic rings. The van der Waals surface area contributed by atoms with Crippen molar-refractivity contribution in [3.63, 3.8) is 0 Å². The lowest BCUT2D eigenvalue weighted by molar-refractivity contribution is -0.148. The first kappa shape index (κ1) is 20.5. The lowest BCUT2D eigenvalue weighted by Gasteiger charge is -2.21. The molecule has 31 heavy (non-hydrogen) atoms. The molecule has 3 heterocycles. The standard InChI is InChI=1S/C22H21N5O4/c1-2-19(28)30-12-16-10-11-22(13-23,31-16)18-9-8-17-20(24-14-25-27(17)18)26-21(29)15-6-4-3-5-7-15/h3-9,14,16H,2,10-12H2,1H3,(H,24,25,26,29). The average molecular weight is 419 g/mol. The lowest BCUT2D eigenvalue weighted by Crippen LogP contribution is -2.28. The van der Waals surface area contributed by atoms with Gasteiger partial charge in [-0.25, -0.2) is 9.50 Å². The van der Waals surface area contributed by atoms with Crippen molar-refractivity contribution in [1.29, 1.82) is 5.26 Å². The molecule has 1 aromatic carbocycles. The van der Waals surface area contributed by atoms with Gasteiger partial charge in [0, 0.05) is 12.0 Å². The zero-order chi connectivity index (χ0) is 21.8. The molecule has 0 radical (unpaired) electrons. The number of aromatic nitrogens is 3. The van der Waals surface area contributed by atoms with Crippen molar-refractivity contribution in [2.45, 2.75) is 37.9 Å². The zero-order valence-corrected chi connectivity index (χ0v) is 16.9. The highest BCUT2D eigenvalue weighted by atomic mass is 16.6. The maximum absolute atomic E-state index is 12.5. The Hall–Kier alpha value is -3.77. The van der Waals surface area contributed by atoms with Crippen LogP contribution in [0.15, 0.2) is 48.8 Å². The van der Waals surface area contributed by atoms with Crippen LogP contribution in [0.5, 0.6) is 0 Å². The van der Waals surface area contributed by atoms with E-state index in [-0.39, 0.29) is 31.0 Å². The molecule has 1 amide bonds. The van der Waals surface area contributed by atoms with Crippen molar-refractivity contribution in [2.75, 3.05) is 11.9 Å². The van der Waals surface area contributed by atoms with E-state index in [2.05, 4.69) is 21.5 Å². The number of carbonyl (C=O) groups excluding carboxylic acids is 2. The van der Waals surface area contributed by atoms with E-state index >= 15 is 0 Å². The Morgan fingerprint density at radius 2 is 2.13 bits per heavy atom. The summed E-state index contributed by atoms with van der Waals surface area (Å²) in [6.07, 6.45) is 2.23. The van der Waals surface area contributed by atoms with Gasteiger partial charge < -0.3 is 14.8 Å². The number of rotatable bonds is 6. The Labute approximate surface area is 178 Å². The van der Waals surface area contributed by atoms with Crippen LogP contribution in [-0.2, 0) is 19.9 Å². The third kappa shape index (κ3) is 3.98. The molecule has 9 heteroatoms. The van der Waals surface area contributed by atoms with Crippen molar-refractivity contribution in [2.24, 2.45) is 0 Å². The van der Waals surface area contributed by atoms with Crippen LogP contribution >= 0.6 is 0 Å². The number of hydrogen-bond acceptors (Lipinski definition) is 7. The summed E-state index contributed by atoms with van der Waals surface area (Å²) in [6.45, 7) is 1.82. The summed E-state index contributed by atoms with van der Waals surface area (Å²) in [6, 6.07) is 14.5. The molecule has 0 saturated carbocycles. The summed E-state index contributed by atoms with van der Waals surface area (Å²) < 4.78 is 12.8. The van der Waals surface area contributed by atoms with E-state index in [0.717, 1.165) is 0 Å². The SMILES string of the molecule is CCC(=O)OCC1CCC(C#N)(c2ccc3c(NC(=O)c4ccccc4)ncnn23)O1. The predicted octanol–water partition coefficient (Wildman–Crippen LogP) is 2.83. The lowest BCUT2D eigenvalue weighted by atomic mass is 9.98. The second-order valence-corrected chi connectivity index (χ2v) is 7.20. The van der Waals surface area contributed by atoms with Crippen LogP contribution in [0.1, 0.15) is 42.2 Å². The van der Waals surface area contributed by atoms with E-state index in [0.29, 0.717) is 35.4 Å². The van der Waals surface area contributed by atoms with E-state index in [9.17, 15) is 14.9 Å². The minimum absolute atomic E-state index is 0.104. The highest BCUT2D eigenvalue weighted by Crippen LogP contribution is 2.40. The number of hydrogen-bond donors (Lipinski definition) is 1. The van der Waals surface area contributed by atoms with E-state index in [1.807, 2.05) is 6.07 Å². The molecule has 158 valence electrons. The topological polar surface area (TPSA) is 119 Å². The van der Waals surface area contributed by atoms with Crippen LogP contribution < -0.4 is 5.32 Å². The Balaban J connectivity index is 1.59. The molecule has 0 aliphatic carbocycles. The zero-order valence-electron chi connectivity index (χ0n) is 16.9. The normalized spacial score (nSPS) is 20.3. The van der Waals surface area contributed by atoms with Gasteiger partial charge in [0.15, 0.2) is 11.4 Å². The van der Waals surface area contributed by atoms with Gasteiger partial charge in [0.25, 0.3) is 5.91 Å². The number of nitrogens with one attached hydrogen (secondary N) is 1. The van der Waals surface area contributed by atoms with E-state index < -0.39 is 5.60 Å². The highest BCUT2D eigenvalue weighted by molar-refractivity contribution is 6.05. The molecule has 2 atom stereocenters. The maximum Gasteiger partial charge on any atom is 0.305 e. The molecule has 0 spiro atoms. The second kappa shape index (κ2) is 8.53. The molecule has 2 aromatic heterocycles. The molecule has 0 bridgehead atoms. The first-order valence-electron chi connectivity index (χ1n) is 10.0. The number of ether oxygens (including phenoxy) is 2. The Morgan fingerprint density at radius 1 is 1.32 bits per heavy atom. The molecule has 4 rings (SSSR count). The van der Waals surface area contributed by atoms with Crippen molar-refractivity contribution in [1.82, 2.24) is 14.6 Å². The summed E-state index contributed by atoms with van der Waals surface area (Å²) in [5.41, 5.74) is 0.348. The molecular formula is C22H21N5O4. The number of nitrogens with zero attached hydrogens (tertiary/aromatic N) is 4. The van der Waals surface area contributed by atoms with Crippen LogP contribution in [0.4, 0.5) is 5.82 Å².